The number of aromatic nitrogens is 4. The van der Waals surface area contributed by atoms with Crippen LogP contribution >= 0.6 is 11.6 Å². The summed E-state index contributed by atoms with van der Waals surface area (Å²) in [4.78, 5) is 45.7. The van der Waals surface area contributed by atoms with Gasteiger partial charge in [-0.1, -0.05) is 53.2 Å². The number of fused-ring (bicyclic) bond motifs is 14. The van der Waals surface area contributed by atoms with E-state index in [1.54, 1.807) is 52.3 Å². The number of benzene rings is 2. The standard InChI is InChI=1S/C31H32ClN7O4/c32-25-19-23-11-12-28(25)43-17-7-16-39-21-24(36-37-39)20-38(31(42)26-10-4-5-13-33-26)15-6-14-34-30(41)27(35-29(23)40)18-22-8-2-1-3-9-22/h1-5,8-13,19,21,27H,6-7,14-18,20H2,(H,34,41)(H,35,40)/t27-/m0/s1. The molecule has 2 N–H and O–H groups in total. The molecule has 0 saturated carbocycles. The quantitative estimate of drug-likeness (QED) is 0.368. The summed E-state index contributed by atoms with van der Waals surface area (Å²) in [7, 11) is 0. The van der Waals surface area contributed by atoms with Gasteiger partial charge in [0.1, 0.15) is 23.2 Å². The molecule has 0 saturated heterocycles. The first kappa shape index (κ1) is 29.7. The van der Waals surface area contributed by atoms with Crippen LogP contribution in [0.1, 0.15) is 44.9 Å². The molecule has 0 fully saturated rings. The second-order valence-corrected chi connectivity index (χ2v) is 10.5. The molecule has 2 aliphatic heterocycles. The van der Waals surface area contributed by atoms with Crippen LogP contribution in [0, 0.1) is 0 Å². The van der Waals surface area contributed by atoms with Gasteiger partial charge >= 0.3 is 0 Å². The molecule has 3 amide bonds. The highest BCUT2D eigenvalue weighted by Gasteiger charge is 2.23. The fourth-order valence-corrected chi connectivity index (χ4v) is 4.93. The lowest BCUT2D eigenvalue weighted by molar-refractivity contribution is -0.122. The summed E-state index contributed by atoms with van der Waals surface area (Å²) in [6, 6.07) is 18.6. The molecule has 222 valence electrons. The number of hydrogen-bond donors (Lipinski definition) is 2. The van der Waals surface area contributed by atoms with Crippen LogP contribution in [0.5, 0.6) is 5.75 Å². The third kappa shape index (κ3) is 8.16. The van der Waals surface area contributed by atoms with E-state index in [4.69, 9.17) is 16.3 Å². The number of carbonyl (C=O) groups excluding carboxylic acids is 3. The van der Waals surface area contributed by atoms with Crippen molar-refractivity contribution >= 4 is 29.3 Å². The number of halogens is 1. The number of rotatable bonds is 3. The highest BCUT2D eigenvalue weighted by atomic mass is 35.5. The smallest absolute Gasteiger partial charge is 0.272 e. The molecule has 2 aromatic carbocycles. The molecule has 0 radical (unpaired) electrons. The number of nitrogens with one attached hydrogen (secondary N) is 2. The average molecular weight is 602 g/mol. The number of pyridine rings is 1. The zero-order chi connectivity index (χ0) is 30.0. The van der Waals surface area contributed by atoms with Gasteiger partial charge in [0.15, 0.2) is 0 Å². The van der Waals surface area contributed by atoms with E-state index in [2.05, 4.69) is 25.9 Å². The lowest BCUT2D eigenvalue weighted by atomic mass is 10.0. The van der Waals surface area contributed by atoms with Crippen molar-refractivity contribution in [2.24, 2.45) is 0 Å². The van der Waals surface area contributed by atoms with Gasteiger partial charge in [-0.05, 0) is 42.3 Å². The zero-order valence-electron chi connectivity index (χ0n) is 23.5. The first-order valence-corrected chi connectivity index (χ1v) is 14.5. The minimum atomic E-state index is -0.833. The van der Waals surface area contributed by atoms with Gasteiger partial charge in [-0.2, -0.15) is 0 Å². The Morgan fingerprint density at radius 3 is 2.65 bits per heavy atom. The van der Waals surface area contributed by atoms with Crippen LogP contribution in [0.25, 0.3) is 0 Å². The molecule has 0 aliphatic carbocycles. The highest BCUT2D eigenvalue weighted by Crippen LogP contribution is 2.26. The van der Waals surface area contributed by atoms with Crippen molar-refractivity contribution in [1.29, 1.82) is 0 Å². The molecule has 4 bridgehead atoms. The second-order valence-electron chi connectivity index (χ2n) is 10.1. The predicted octanol–water partition coefficient (Wildman–Crippen LogP) is 3.30. The Balaban J connectivity index is 1.36. The minimum absolute atomic E-state index is 0.230. The highest BCUT2D eigenvalue weighted by molar-refractivity contribution is 6.32. The van der Waals surface area contributed by atoms with E-state index < -0.39 is 11.9 Å². The second kappa shape index (κ2) is 14.4. The molecule has 0 unspecified atom stereocenters. The largest absolute Gasteiger partial charge is 0.492 e. The van der Waals surface area contributed by atoms with Crippen LogP contribution in [-0.2, 0) is 24.3 Å². The van der Waals surface area contributed by atoms with Crippen molar-refractivity contribution in [3.63, 3.8) is 0 Å². The molecule has 6 rings (SSSR count). The molecule has 43 heavy (non-hydrogen) atoms. The number of aryl methyl sites for hydroxylation is 1. The van der Waals surface area contributed by atoms with Crippen LogP contribution in [0.4, 0.5) is 0 Å². The SMILES string of the molecule is O=C1N[C@@H](Cc2ccccc2)C(=O)NCCCN(C(=O)c2ccccn2)Cc2cn(nn2)CCCOc2ccc1cc2Cl. The molecule has 2 aromatic heterocycles. The molecular weight excluding hydrogens is 570 g/mol. The van der Waals surface area contributed by atoms with Crippen LogP contribution in [0.3, 0.4) is 0 Å². The van der Waals surface area contributed by atoms with Crippen LogP contribution in [0.2, 0.25) is 5.02 Å². The van der Waals surface area contributed by atoms with Crippen molar-refractivity contribution in [2.75, 3.05) is 19.7 Å². The number of nitrogens with zero attached hydrogens (tertiary/aromatic N) is 5. The van der Waals surface area contributed by atoms with Gasteiger partial charge in [0.2, 0.25) is 5.91 Å². The monoisotopic (exact) mass is 601 g/mol. The Bertz CT molecular complexity index is 1550. The van der Waals surface area contributed by atoms with Gasteiger partial charge in [-0.25, -0.2) is 0 Å². The third-order valence-corrected chi connectivity index (χ3v) is 7.20. The van der Waals surface area contributed by atoms with E-state index in [9.17, 15) is 14.4 Å². The van der Waals surface area contributed by atoms with Gasteiger partial charge in [0, 0.05) is 44.2 Å². The lowest BCUT2D eigenvalue weighted by Gasteiger charge is -2.22. The molecule has 12 heteroatoms. The Morgan fingerprint density at radius 1 is 1.02 bits per heavy atom. The first-order valence-electron chi connectivity index (χ1n) is 14.1. The Morgan fingerprint density at radius 2 is 1.86 bits per heavy atom. The van der Waals surface area contributed by atoms with Crippen molar-refractivity contribution in [2.45, 2.75) is 38.4 Å². The van der Waals surface area contributed by atoms with E-state index in [1.807, 2.05) is 30.3 Å². The van der Waals surface area contributed by atoms with Crippen LogP contribution in [0.15, 0.2) is 79.1 Å². The van der Waals surface area contributed by atoms with E-state index in [-0.39, 0.29) is 24.9 Å². The molecule has 4 heterocycles. The summed E-state index contributed by atoms with van der Waals surface area (Å²) in [6.07, 6.45) is 4.78. The Labute approximate surface area is 254 Å². The Kier molecular flexibility index (Phi) is 9.96. The van der Waals surface area contributed by atoms with Crippen LogP contribution < -0.4 is 15.4 Å². The number of amides is 3. The summed E-state index contributed by atoms with van der Waals surface area (Å²) in [5, 5.41) is 14.5. The van der Waals surface area contributed by atoms with Gasteiger partial charge in [-0.15, -0.1) is 5.10 Å². The van der Waals surface area contributed by atoms with E-state index >= 15 is 0 Å². The van der Waals surface area contributed by atoms with Gasteiger partial charge < -0.3 is 20.3 Å². The van der Waals surface area contributed by atoms with Crippen molar-refractivity contribution < 1.29 is 19.1 Å². The maximum Gasteiger partial charge on any atom is 0.272 e. The number of hydrogen-bond acceptors (Lipinski definition) is 7. The fraction of sp³-hybridized carbons (Fsp3) is 0.290. The van der Waals surface area contributed by atoms with Gasteiger partial charge in [0.05, 0.1) is 24.4 Å². The van der Waals surface area contributed by atoms with E-state index in [1.165, 1.54) is 6.07 Å². The van der Waals surface area contributed by atoms with Gasteiger partial charge in [0.25, 0.3) is 11.8 Å². The van der Waals surface area contributed by atoms with Gasteiger partial charge in [-0.3, -0.25) is 24.0 Å². The topological polar surface area (TPSA) is 131 Å². The fourth-order valence-electron chi connectivity index (χ4n) is 4.69. The predicted molar refractivity (Wildman–Crippen MR) is 160 cm³/mol. The molecule has 2 aliphatic rings. The summed E-state index contributed by atoms with van der Waals surface area (Å²) < 4.78 is 7.54. The van der Waals surface area contributed by atoms with Crippen molar-refractivity contribution in [3.05, 3.63) is 107 Å². The molecule has 11 nitrogen and oxygen atoms in total. The number of carbonyl (C=O) groups is 3. The molecule has 1 atom stereocenters. The van der Waals surface area contributed by atoms with Crippen molar-refractivity contribution in [3.8, 4) is 5.75 Å². The molecule has 4 aromatic rings. The maximum absolute atomic E-state index is 13.3. The number of ether oxygens (including phenoxy) is 1. The molecule has 0 spiro atoms. The summed E-state index contributed by atoms with van der Waals surface area (Å²) in [5.74, 6) is -0.557. The minimum Gasteiger partial charge on any atom is -0.492 e. The normalized spacial score (nSPS) is 16.9. The zero-order valence-corrected chi connectivity index (χ0v) is 24.2. The summed E-state index contributed by atoms with van der Waals surface area (Å²) in [6.45, 7) is 1.78. The Hall–Kier alpha value is -4.77. The van der Waals surface area contributed by atoms with Crippen molar-refractivity contribution in [1.82, 2.24) is 35.5 Å². The lowest BCUT2D eigenvalue weighted by Crippen LogP contribution is -2.48. The van der Waals surface area contributed by atoms with Crippen LogP contribution in [-0.4, -0.2) is 68.3 Å². The average Bonchev–Trinajstić information content (AvgIpc) is 3.48. The maximum atomic E-state index is 13.3. The summed E-state index contributed by atoms with van der Waals surface area (Å²) in [5.41, 5.74) is 2.16. The van der Waals surface area contributed by atoms with E-state index in [0.717, 1.165) is 5.56 Å². The van der Waals surface area contributed by atoms with E-state index in [0.29, 0.717) is 66.7 Å². The molecular formula is C31H32ClN7O4. The third-order valence-electron chi connectivity index (χ3n) is 6.90. The first-order chi connectivity index (χ1) is 21.0. The summed E-state index contributed by atoms with van der Waals surface area (Å²) >= 11 is 6.43.